The molecule has 0 radical (unpaired) electrons. The van der Waals surface area contributed by atoms with Crippen LogP contribution in [-0.2, 0) is 14.3 Å². The summed E-state index contributed by atoms with van der Waals surface area (Å²) >= 11 is 0. The summed E-state index contributed by atoms with van der Waals surface area (Å²) < 4.78 is 10.2. The Bertz CT molecular complexity index is 1020. The Kier molecular flexibility index (Phi) is 5.73. The highest BCUT2D eigenvalue weighted by Gasteiger charge is 2.32. The van der Waals surface area contributed by atoms with Crippen molar-refractivity contribution in [3.8, 4) is 5.75 Å². The molecule has 0 spiro atoms. The van der Waals surface area contributed by atoms with Crippen LogP contribution in [-0.4, -0.2) is 30.2 Å². The number of rotatable bonds is 5. The second kappa shape index (κ2) is 8.39. The minimum Gasteiger partial charge on any atom is -0.462 e. The van der Waals surface area contributed by atoms with Crippen molar-refractivity contribution < 1.29 is 28.7 Å². The van der Waals surface area contributed by atoms with Crippen molar-refractivity contribution in [1.82, 2.24) is 0 Å². The van der Waals surface area contributed by atoms with Crippen LogP contribution in [0.5, 0.6) is 5.75 Å². The first-order valence-corrected chi connectivity index (χ1v) is 8.82. The van der Waals surface area contributed by atoms with Crippen molar-refractivity contribution in [1.29, 1.82) is 0 Å². The van der Waals surface area contributed by atoms with Gasteiger partial charge in [0.05, 0.1) is 23.4 Å². The van der Waals surface area contributed by atoms with E-state index in [-0.39, 0.29) is 35.1 Å². The molecule has 0 aliphatic carbocycles. The van der Waals surface area contributed by atoms with Gasteiger partial charge in [-0.15, -0.1) is 0 Å². The highest BCUT2D eigenvalue weighted by Crippen LogP contribution is 2.35. The average Bonchev–Trinajstić information content (AvgIpc) is 2.69. The molecule has 2 N–H and O–H groups in total. The van der Waals surface area contributed by atoms with Crippen molar-refractivity contribution in [2.24, 2.45) is 0 Å². The van der Waals surface area contributed by atoms with Gasteiger partial charge in [-0.1, -0.05) is 6.07 Å². The molecule has 8 nitrogen and oxygen atoms in total. The van der Waals surface area contributed by atoms with E-state index < -0.39 is 17.7 Å². The van der Waals surface area contributed by atoms with E-state index in [1.807, 2.05) is 0 Å². The molecule has 0 bridgehead atoms. The number of carbonyl (C=O) groups is 4. The number of fused-ring (bicyclic) bond motifs is 1. The molecular formula is C21H18N2O6. The van der Waals surface area contributed by atoms with E-state index in [1.165, 1.54) is 19.2 Å². The number of carbonyl (C=O) groups excluding carboxylic acids is 4. The predicted molar refractivity (Wildman–Crippen MR) is 105 cm³/mol. The first-order chi connectivity index (χ1) is 13.9. The molecule has 8 heteroatoms. The Morgan fingerprint density at radius 2 is 1.83 bits per heavy atom. The van der Waals surface area contributed by atoms with E-state index in [0.29, 0.717) is 11.3 Å². The van der Waals surface area contributed by atoms with Crippen LogP contribution >= 0.6 is 0 Å². The Balaban J connectivity index is 1.81. The van der Waals surface area contributed by atoms with E-state index in [9.17, 15) is 19.2 Å². The molecule has 1 aliphatic rings. The van der Waals surface area contributed by atoms with Gasteiger partial charge in [0.2, 0.25) is 11.7 Å². The fourth-order valence-corrected chi connectivity index (χ4v) is 2.70. The smallest absolute Gasteiger partial charge is 0.349 e. The molecule has 1 amide bonds. The quantitative estimate of drug-likeness (QED) is 0.347. The predicted octanol–water partition coefficient (Wildman–Crippen LogP) is 2.92. The van der Waals surface area contributed by atoms with E-state index >= 15 is 0 Å². The molecule has 0 atom stereocenters. The van der Waals surface area contributed by atoms with Crippen LogP contribution in [0.2, 0.25) is 0 Å². The minimum atomic E-state index is -0.837. The van der Waals surface area contributed by atoms with Gasteiger partial charge in [-0.05, 0) is 43.3 Å². The zero-order valence-corrected chi connectivity index (χ0v) is 15.8. The van der Waals surface area contributed by atoms with Crippen LogP contribution < -0.4 is 15.4 Å². The van der Waals surface area contributed by atoms with Crippen molar-refractivity contribution in [2.75, 3.05) is 17.2 Å². The van der Waals surface area contributed by atoms with Gasteiger partial charge in [0, 0.05) is 18.8 Å². The molecule has 2 aromatic rings. The molecule has 1 aliphatic heterocycles. The fourth-order valence-electron chi connectivity index (χ4n) is 2.70. The number of ether oxygens (including phenoxy) is 2. The first kappa shape index (κ1) is 19.8. The lowest BCUT2D eigenvalue weighted by atomic mass is 9.99. The van der Waals surface area contributed by atoms with E-state index in [4.69, 9.17) is 9.47 Å². The van der Waals surface area contributed by atoms with Gasteiger partial charge in [-0.2, -0.15) is 0 Å². The summed E-state index contributed by atoms with van der Waals surface area (Å²) in [5.41, 5.74) is 1.17. The molecule has 0 saturated carbocycles. The highest BCUT2D eigenvalue weighted by molar-refractivity contribution is 6.28. The number of ketones is 1. The van der Waals surface area contributed by atoms with Gasteiger partial charge in [-0.3, -0.25) is 9.59 Å². The second-order valence-corrected chi connectivity index (χ2v) is 6.08. The van der Waals surface area contributed by atoms with Crippen molar-refractivity contribution in [3.05, 3.63) is 65.4 Å². The van der Waals surface area contributed by atoms with Crippen molar-refractivity contribution in [2.45, 2.75) is 13.8 Å². The first-order valence-electron chi connectivity index (χ1n) is 8.82. The van der Waals surface area contributed by atoms with E-state index in [1.54, 1.807) is 43.3 Å². The monoisotopic (exact) mass is 394 g/mol. The molecule has 0 saturated heterocycles. The van der Waals surface area contributed by atoms with Crippen LogP contribution in [0.25, 0.3) is 0 Å². The van der Waals surface area contributed by atoms with Gasteiger partial charge in [0.15, 0.2) is 5.75 Å². The molecule has 0 fully saturated rings. The lowest BCUT2D eigenvalue weighted by Gasteiger charge is -2.19. The zero-order valence-electron chi connectivity index (χ0n) is 15.8. The maximum Gasteiger partial charge on any atom is 0.349 e. The second-order valence-electron chi connectivity index (χ2n) is 6.08. The van der Waals surface area contributed by atoms with E-state index in [0.717, 1.165) is 0 Å². The van der Waals surface area contributed by atoms with Gasteiger partial charge >= 0.3 is 11.9 Å². The highest BCUT2D eigenvalue weighted by atomic mass is 16.5. The molecule has 0 aromatic heterocycles. The number of hydrogen-bond acceptors (Lipinski definition) is 7. The SMILES string of the molecule is CCOC(=O)c1ccc(NC=C2C(=O)Oc3c(NC(C)=O)cccc3C2=O)cc1. The van der Waals surface area contributed by atoms with Crippen LogP contribution in [0, 0.1) is 0 Å². The van der Waals surface area contributed by atoms with E-state index in [2.05, 4.69) is 10.6 Å². The normalized spacial score (nSPS) is 14.1. The van der Waals surface area contributed by atoms with Crippen LogP contribution in [0.1, 0.15) is 34.6 Å². The molecular weight excluding hydrogens is 376 g/mol. The lowest BCUT2D eigenvalue weighted by molar-refractivity contribution is -0.130. The number of esters is 2. The number of benzene rings is 2. The molecule has 2 aromatic carbocycles. The summed E-state index contributed by atoms with van der Waals surface area (Å²) in [7, 11) is 0. The summed E-state index contributed by atoms with van der Waals surface area (Å²) in [6.07, 6.45) is 1.25. The van der Waals surface area contributed by atoms with Gasteiger partial charge < -0.3 is 20.1 Å². The number of Topliss-reactive ketones (excluding diaryl/α,β-unsaturated/α-hetero) is 1. The minimum absolute atomic E-state index is 0.0219. The average molecular weight is 394 g/mol. The standard InChI is InChI=1S/C21H18N2O6/c1-3-28-20(26)13-7-9-14(10-8-13)22-11-16-18(25)15-5-4-6-17(23-12(2)24)19(15)29-21(16)27/h4-11,22H,3H2,1-2H3,(H,23,24). The van der Waals surface area contributed by atoms with Crippen LogP contribution in [0.4, 0.5) is 11.4 Å². The zero-order chi connectivity index (χ0) is 21.0. The van der Waals surface area contributed by atoms with Crippen molar-refractivity contribution in [3.63, 3.8) is 0 Å². The summed E-state index contributed by atoms with van der Waals surface area (Å²) in [6, 6.07) is 11.0. The maximum absolute atomic E-state index is 12.7. The summed E-state index contributed by atoms with van der Waals surface area (Å²) in [5.74, 6) is -2.13. The Labute approximate surface area is 166 Å². The number of amides is 1. The molecule has 29 heavy (non-hydrogen) atoms. The third kappa shape index (κ3) is 4.32. The summed E-state index contributed by atoms with van der Waals surface area (Å²) in [6.45, 7) is 3.31. The molecule has 148 valence electrons. The lowest BCUT2D eigenvalue weighted by Crippen LogP contribution is -2.27. The summed E-state index contributed by atoms with van der Waals surface area (Å²) in [4.78, 5) is 48.0. The van der Waals surface area contributed by atoms with Crippen molar-refractivity contribution >= 4 is 35.0 Å². The molecule has 3 rings (SSSR count). The Morgan fingerprint density at radius 3 is 2.48 bits per heavy atom. The largest absolute Gasteiger partial charge is 0.462 e. The van der Waals surface area contributed by atoms with Crippen LogP contribution in [0.15, 0.2) is 54.2 Å². The summed E-state index contributed by atoms with van der Waals surface area (Å²) in [5, 5.41) is 5.37. The van der Waals surface area contributed by atoms with Gasteiger partial charge in [0.1, 0.15) is 5.57 Å². The third-order valence-corrected chi connectivity index (χ3v) is 4.01. The van der Waals surface area contributed by atoms with Crippen LogP contribution in [0.3, 0.4) is 0 Å². The number of hydrogen-bond donors (Lipinski definition) is 2. The van der Waals surface area contributed by atoms with Gasteiger partial charge in [0.25, 0.3) is 0 Å². The molecule has 1 heterocycles. The number of nitrogens with one attached hydrogen (secondary N) is 2. The van der Waals surface area contributed by atoms with Gasteiger partial charge in [-0.25, -0.2) is 9.59 Å². The topological polar surface area (TPSA) is 111 Å². The number of anilines is 2. The Hall–Kier alpha value is -3.94. The third-order valence-electron chi connectivity index (χ3n) is 4.01. The molecule has 0 unspecified atom stereocenters. The number of para-hydroxylation sites is 1. The fraction of sp³-hybridized carbons (Fsp3) is 0.143. The maximum atomic E-state index is 12.7. The Morgan fingerprint density at radius 1 is 1.10 bits per heavy atom.